The van der Waals surface area contributed by atoms with Crippen LogP contribution in [0.5, 0.6) is 0 Å². The Hall–Kier alpha value is -2.41. The SMILES string of the molecule is Cc1ccc(S(=O)(=O)NC(c2ccccc2)c2c[nH]c3ccc(Br)cc23)cc1. The van der Waals surface area contributed by atoms with Gasteiger partial charge in [-0.25, -0.2) is 8.42 Å². The molecule has 0 amide bonds. The zero-order valence-corrected chi connectivity index (χ0v) is 17.6. The molecule has 0 saturated carbocycles. The van der Waals surface area contributed by atoms with Crippen molar-refractivity contribution in [3.63, 3.8) is 0 Å². The van der Waals surface area contributed by atoms with E-state index < -0.39 is 16.1 Å². The second kappa shape index (κ2) is 7.54. The van der Waals surface area contributed by atoms with E-state index in [9.17, 15) is 8.42 Å². The second-order valence-corrected chi connectivity index (χ2v) is 9.34. The number of aromatic nitrogens is 1. The number of fused-ring (bicyclic) bond motifs is 1. The zero-order chi connectivity index (χ0) is 19.7. The average Bonchev–Trinajstić information content (AvgIpc) is 3.10. The smallest absolute Gasteiger partial charge is 0.241 e. The van der Waals surface area contributed by atoms with E-state index in [1.165, 1.54) is 0 Å². The Morgan fingerprint density at radius 2 is 1.68 bits per heavy atom. The molecule has 0 aliphatic carbocycles. The lowest BCUT2D eigenvalue weighted by Gasteiger charge is -2.19. The van der Waals surface area contributed by atoms with Gasteiger partial charge in [-0.3, -0.25) is 0 Å². The van der Waals surface area contributed by atoms with Crippen LogP contribution < -0.4 is 4.72 Å². The van der Waals surface area contributed by atoms with Crippen molar-refractivity contribution in [2.45, 2.75) is 17.9 Å². The third-order valence-electron chi connectivity index (χ3n) is 4.72. The number of rotatable bonds is 5. The monoisotopic (exact) mass is 454 g/mol. The molecule has 0 bridgehead atoms. The van der Waals surface area contributed by atoms with Gasteiger partial charge in [-0.2, -0.15) is 4.72 Å². The van der Waals surface area contributed by atoms with Crippen LogP contribution in [-0.4, -0.2) is 13.4 Å². The molecule has 0 radical (unpaired) electrons. The van der Waals surface area contributed by atoms with Gasteiger partial charge in [-0.05, 0) is 48.4 Å². The first-order valence-electron chi connectivity index (χ1n) is 8.84. The fraction of sp³-hybridized carbons (Fsp3) is 0.0909. The number of aromatic amines is 1. The molecule has 2 N–H and O–H groups in total. The molecular formula is C22H19BrN2O2S. The van der Waals surface area contributed by atoms with Crippen molar-refractivity contribution in [2.75, 3.05) is 0 Å². The largest absolute Gasteiger partial charge is 0.361 e. The summed E-state index contributed by atoms with van der Waals surface area (Å²) in [5, 5.41) is 0.967. The van der Waals surface area contributed by atoms with E-state index in [1.54, 1.807) is 24.3 Å². The summed E-state index contributed by atoms with van der Waals surface area (Å²) >= 11 is 3.51. The van der Waals surface area contributed by atoms with Crippen molar-refractivity contribution >= 4 is 36.9 Å². The molecule has 4 aromatic rings. The van der Waals surface area contributed by atoms with Gasteiger partial charge in [0, 0.05) is 21.6 Å². The molecule has 0 aliphatic heterocycles. The summed E-state index contributed by atoms with van der Waals surface area (Å²) < 4.78 is 30.0. The minimum absolute atomic E-state index is 0.250. The van der Waals surface area contributed by atoms with Crippen LogP contribution in [0.25, 0.3) is 10.9 Å². The van der Waals surface area contributed by atoms with Crippen molar-refractivity contribution in [3.8, 4) is 0 Å². The highest BCUT2D eigenvalue weighted by molar-refractivity contribution is 9.10. The Kier molecular flexibility index (Phi) is 5.10. The minimum Gasteiger partial charge on any atom is -0.361 e. The van der Waals surface area contributed by atoms with E-state index in [2.05, 4.69) is 25.6 Å². The van der Waals surface area contributed by atoms with Gasteiger partial charge in [0.1, 0.15) is 0 Å². The highest BCUT2D eigenvalue weighted by Gasteiger charge is 2.25. The van der Waals surface area contributed by atoms with Crippen molar-refractivity contribution < 1.29 is 8.42 Å². The fourth-order valence-electron chi connectivity index (χ4n) is 3.25. The van der Waals surface area contributed by atoms with Crippen LogP contribution in [-0.2, 0) is 10.0 Å². The van der Waals surface area contributed by atoms with E-state index in [1.807, 2.05) is 61.7 Å². The molecule has 4 rings (SSSR count). The van der Waals surface area contributed by atoms with E-state index in [0.717, 1.165) is 32.1 Å². The van der Waals surface area contributed by atoms with Crippen LogP contribution in [0.1, 0.15) is 22.7 Å². The molecule has 0 aliphatic rings. The molecule has 142 valence electrons. The van der Waals surface area contributed by atoms with E-state index in [-0.39, 0.29) is 4.90 Å². The maximum Gasteiger partial charge on any atom is 0.241 e. The molecule has 28 heavy (non-hydrogen) atoms. The number of hydrogen-bond acceptors (Lipinski definition) is 2. The summed E-state index contributed by atoms with van der Waals surface area (Å²) in [5.74, 6) is 0. The van der Waals surface area contributed by atoms with Crippen LogP contribution in [0.4, 0.5) is 0 Å². The summed E-state index contributed by atoms with van der Waals surface area (Å²) in [6.07, 6.45) is 1.87. The lowest BCUT2D eigenvalue weighted by molar-refractivity contribution is 0.572. The predicted molar refractivity (Wildman–Crippen MR) is 116 cm³/mol. The third-order valence-corrected chi connectivity index (χ3v) is 6.66. The van der Waals surface area contributed by atoms with Crippen molar-refractivity contribution in [3.05, 3.63) is 100 Å². The number of sulfonamides is 1. The minimum atomic E-state index is -3.70. The Balaban J connectivity index is 1.82. The van der Waals surface area contributed by atoms with Crippen LogP contribution in [0.3, 0.4) is 0 Å². The number of nitrogens with one attached hydrogen (secondary N) is 2. The van der Waals surface area contributed by atoms with Crippen molar-refractivity contribution in [1.82, 2.24) is 9.71 Å². The van der Waals surface area contributed by atoms with E-state index in [0.29, 0.717) is 0 Å². The number of halogens is 1. The molecule has 0 spiro atoms. The standard InChI is InChI=1S/C22H19BrN2O2S/c1-15-7-10-18(11-8-15)28(26,27)25-22(16-5-3-2-4-6-16)20-14-24-21-12-9-17(23)13-19(20)21/h2-14,22,24-25H,1H3. The molecule has 1 heterocycles. The zero-order valence-electron chi connectivity index (χ0n) is 15.2. The number of H-pyrrole nitrogens is 1. The number of aryl methyl sites for hydroxylation is 1. The molecule has 6 heteroatoms. The first kappa shape index (κ1) is 18.9. The molecule has 0 saturated heterocycles. The van der Waals surface area contributed by atoms with Crippen LogP contribution in [0.2, 0.25) is 0 Å². The van der Waals surface area contributed by atoms with Crippen molar-refractivity contribution in [2.24, 2.45) is 0 Å². The predicted octanol–water partition coefficient (Wildman–Crippen LogP) is 5.31. The van der Waals surface area contributed by atoms with Gasteiger partial charge >= 0.3 is 0 Å². The molecule has 0 fully saturated rings. The normalized spacial score (nSPS) is 12.9. The molecule has 1 unspecified atom stereocenters. The molecular weight excluding hydrogens is 436 g/mol. The Morgan fingerprint density at radius 1 is 0.964 bits per heavy atom. The lowest BCUT2D eigenvalue weighted by Crippen LogP contribution is -2.29. The van der Waals surface area contributed by atoms with Crippen molar-refractivity contribution in [1.29, 1.82) is 0 Å². The molecule has 1 aromatic heterocycles. The maximum absolute atomic E-state index is 13.1. The maximum atomic E-state index is 13.1. The third kappa shape index (κ3) is 3.76. The summed E-state index contributed by atoms with van der Waals surface area (Å²) in [6.45, 7) is 1.93. The van der Waals surface area contributed by atoms with E-state index >= 15 is 0 Å². The van der Waals surface area contributed by atoms with Crippen LogP contribution in [0.15, 0.2) is 88.4 Å². The summed E-state index contributed by atoms with van der Waals surface area (Å²) in [7, 11) is -3.70. The molecule has 1 atom stereocenters. The van der Waals surface area contributed by atoms with Gasteiger partial charge < -0.3 is 4.98 Å². The lowest BCUT2D eigenvalue weighted by atomic mass is 9.99. The van der Waals surface area contributed by atoms with Gasteiger partial charge in [-0.15, -0.1) is 0 Å². The fourth-order valence-corrected chi connectivity index (χ4v) is 4.82. The van der Waals surface area contributed by atoms with E-state index in [4.69, 9.17) is 0 Å². The first-order valence-corrected chi connectivity index (χ1v) is 11.1. The highest BCUT2D eigenvalue weighted by atomic mass is 79.9. The highest BCUT2D eigenvalue weighted by Crippen LogP contribution is 2.32. The topological polar surface area (TPSA) is 62.0 Å². The number of hydrogen-bond donors (Lipinski definition) is 2. The summed E-state index contributed by atoms with van der Waals surface area (Å²) in [6, 6.07) is 21.9. The van der Waals surface area contributed by atoms with Gasteiger partial charge in [-0.1, -0.05) is 64.0 Å². The first-order chi connectivity index (χ1) is 13.4. The van der Waals surface area contributed by atoms with Gasteiger partial charge in [0.05, 0.1) is 10.9 Å². The number of benzene rings is 3. The molecule has 3 aromatic carbocycles. The molecule has 4 nitrogen and oxygen atoms in total. The summed E-state index contributed by atoms with van der Waals surface area (Å²) in [5.41, 5.74) is 3.71. The second-order valence-electron chi connectivity index (χ2n) is 6.71. The van der Waals surface area contributed by atoms with Crippen LogP contribution >= 0.6 is 15.9 Å². The Bertz CT molecular complexity index is 1220. The van der Waals surface area contributed by atoms with Gasteiger partial charge in [0.15, 0.2) is 0 Å². The quantitative estimate of drug-likeness (QED) is 0.429. The Morgan fingerprint density at radius 3 is 2.39 bits per heavy atom. The Labute approximate surface area is 172 Å². The average molecular weight is 455 g/mol. The van der Waals surface area contributed by atoms with Crippen LogP contribution in [0, 0.1) is 6.92 Å². The van der Waals surface area contributed by atoms with Gasteiger partial charge in [0.25, 0.3) is 0 Å². The summed E-state index contributed by atoms with van der Waals surface area (Å²) in [4.78, 5) is 3.49. The van der Waals surface area contributed by atoms with Gasteiger partial charge in [0.2, 0.25) is 10.0 Å².